The monoisotopic (exact) mass is 406 g/mol. The molecule has 2 aromatic rings. The SMILES string of the molecule is O=C1Nc2c(Cl)ccc(Cl)c2[C@@]1(O)CC(O)c1ccc(N2CCCC2)cc1. The van der Waals surface area contributed by atoms with Crippen molar-refractivity contribution >= 4 is 40.5 Å². The number of aliphatic hydroxyl groups excluding tert-OH is 1. The van der Waals surface area contributed by atoms with Crippen molar-refractivity contribution in [2.24, 2.45) is 0 Å². The fourth-order valence-electron chi connectivity index (χ4n) is 3.88. The first kappa shape index (κ1) is 18.6. The molecule has 1 saturated heterocycles. The summed E-state index contributed by atoms with van der Waals surface area (Å²) in [4.78, 5) is 14.8. The van der Waals surface area contributed by atoms with E-state index in [1.54, 1.807) is 6.07 Å². The maximum atomic E-state index is 12.5. The molecule has 2 heterocycles. The lowest BCUT2D eigenvalue weighted by Crippen LogP contribution is -2.36. The summed E-state index contributed by atoms with van der Waals surface area (Å²) in [5.41, 5.74) is 0.319. The summed E-state index contributed by atoms with van der Waals surface area (Å²) in [7, 11) is 0. The van der Waals surface area contributed by atoms with E-state index in [4.69, 9.17) is 23.2 Å². The van der Waals surface area contributed by atoms with Crippen LogP contribution in [0.2, 0.25) is 10.0 Å². The first-order valence-electron chi connectivity index (χ1n) is 8.95. The van der Waals surface area contributed by atoms with Gasteiger partial charge in [0.25, 0.3) is 5.91 Å². The molecule has 0 bridgehead atoms. The largest absolute Gasteiger partial charge is 0.388 e. The Labute approximate surface area is 167 Å². The molecular formula is C20H20Cl2N2O3. The number of amides is 1. The van der Waals surface area contributed by atoms with Crippen LogP contribution in [0.1, 0.15) is 36.5 Å². The zero-order valence-electron chi connectivity index (χ0n) is 14.6. The van der Waals surface area contributed by atoms with Crippen LogP contribution in [0.3, 0.4) is 0 Å². The van der Waals surface area contributed by atoms with E-state index in [2.05, 4.69) is 10.2 Å². The van der Waals surface area contributed by atoms with Crippen LogP contribution in [0, 0.1) is 0 Å². The highest BCUT2D eigenvalue weighted by Gasteiger charge is 2.49. The van der Waals surface area contributed by atoms with Crippen molar-refractivity contribution in [3.63, 3.8) is 0 Å². The van der Waals surface area contributed by atoms with Crippen molar-refractivity contribution < 1.29 is 15.0 Å². The molecule has 0 aliphatic carbocycles. The van der Waals surface area contributed by atoms with Gasteiger partial charge in [-0.1, -0.05) is 35.3 Å². The number of anilines is 2. The lowest BCUT2D eigenvalue weighted by molar-refractivity contribution is -0.137. The Hall–Kier alpha value is -1.79. The molecule has 1 amide bonds. The molecule has 2 aliphatic heterocycles. The molecule has 142 valence electrons. The number of nitrogens with zero attached hydrogens (tertiary/aromatic N) is 1. The van der Waals surface area contributed by atoms with Crippen LogP contribution in [-0.4, -0.2) is 29.2 Å². The van der Waals surface area contributed by atoms with E-state index in [9.17, 15) is 15.0 Å². The number of carbonyl (C=O) groups excluding carboxylic acids is 1. The van der Waals surface area contributed by atoms with Crippen molar-refractivity contribution in [1.82, 2.24) is 0 Å². The van der Waals surface area contributed by atoms with Crippen molar-refractivity contribution in [2.75, 3.05) is 23.3 Å². The van der Waals surface area contributed by atoms with Crippen molar-refractivity contribution in [3.8, 4) is 0 Å². The van der Waals surface area contributed by atoms with Crippen LogP contribution in [0.4, 0.5) is 11.4 Å². The zero-order chi connectivity index (χ0) is 19.2. The minimum Gasteiger partial charge on any atom is -0.388 e. The van der Waals surface area contributed by atoms with E-state index in [0.717, 1.165) is 18.8 Å². The van der Waals surface area contributed by atoms with Crippen LogP contribution >= 0.6 is 23.2 Å². The summed E-state index contributed by atoms with van der Waals surface area (Å²) in [5, 5.41) is 24.8. The fourth-order valence-corrected chi connectivity index (χ4v) is 4.40. The second-order valence-electron chi connectivity index (χ2n) is 7.10. The molecule has 2 atom stereocenters. The summed E-state index contributed by atoms with van der Waals surface area (Å²) in [6.07, 6.45) is 1.13. The Balaban J connectivity index is 1.59. The molecular weight excluding hydrogens is 387 g/mol. The van der Waals surface area contributed by atoms with Gasteiger partial charge >= 0.3 is 0 Å². The van der Waals surface area contributed by atoms with Crippen LogP contribution in [-0.2, 0) is 10.4 Å². The lowest BCUT2D eigenvalue weighted by Gasteiger charge is -2.25. The van der Waals surface area contributed by atoms with Gasteiger partial charge in [-0.3, -0.25) is 4.79 Å². The predicted octanol–water partition coefficient (Wildman–Crippen LogP) is 3.86. The average molecular weight is 407 g/mol. The second-order valence-corrected chi connectivity index (χ2v) is 7.91. The zero-order valence-corrected chi connectivity index (χ0v) is 16.1. The van der Waals surface area contributed by atoms with Gasteiger partial charge in [-0.2, -0.15) is 0 Å². The van der Waals surface area contributed by atoms with Gasteiger partial charge in [0.1, 0.15) is 0 Å². The number of benzene rings is 2. The average Bonchev–Trinajstić information content (AvgIpc) is 3.27. The Morgan fingerprint density at radius 3 is 2.37 bits per heavy atom. The van der Waals surface area contributed by atoms with E-state index >= 15 is 0 Å². The molecule has 0 saturated carbocycles. The number of fused-ring (bicyclic) bond motifs is 1. The summed E-state index contributed by atoms with van der Waals surface area (Å²) >= 11 is 12.3. The lowest BCUT2D eigenvalue weighted by atomic mass is 9.87. The van der Waals surface area contributed by atoms with Gasteiger partial charge < -0.3 is 20.4 Å². The Bertz CT molecular complexity index is 882. The maximum absolute atomic E-state index is 12.5. The van der Waals surface area contributed by atoms with Gasteiger partial charge in [0.05, 0.1) is 16.8 Å². The molecule has 2 aromatic carbocycles. The highest BCUT2D eigenvalue weighted by atomic mass is 35.5. The van der Waals surface area contributed by atoms with Gasteiger partial charge in [0.2, 0.25) is 0 Å². The van der Waals surface area contributed by atoms with Crippen molar-refractivity contribution in [1.29, 1.82) is 0 Å². The van der Waals surface area contributed by atoms with E-state index < -0.39 is 17.6 Å². The highest BCUT2D eigenvalue weighted by molar-refractivity contribution is 6.38. The third-order valence-electron chi connectivity index (χ3n) is 5.37. The van der Waals surface area contributed by atoms with E-state index in [1.807, 2.05) is 24.3 Å². The molecule has 1 fully saturated rings. The van der Waals surface area contributed by atoms with Gasteiger partial charge in [-0.05, 0) is 42.7 Å². The predicted molar refractivity (Wildman–Crippen MR) is 106 cm³/mol. The number of rotatable bonds is 4. The number of nitrogens with one attached hydrogen (secondary N) is 1. The molecule has 27 heavy (non-hydrogen) atoms. The molecule has 4 rings (SSSR count). The normalized spacial score (nSPS) is 22.7. The molecule has 3 N–H and O–H groups in total. The van der Waals surface area contributed by atoms with Crippen LogP contribution in [0.25, 0.3) is 0 Å². The minimum absolute atomic E-state index is 0.213. The standard InChI is InChI=1S/C20H20Cl2N2O3/c21-14-7-8-15(22)18-17(14)20(27,19(26)23-18)11-16(25)12-3-5-13(6-4-12)24-9-1-2-10-24/h3-8,16,25,27H,1-2,9-11H2,(H,23,26)/t16?,20-/m0/s1. The summed E-state index contributed by atoms with van der Waals surface area (Å²) in [6.45, 7) is 2.08. The second kappa shape index (κ2) is 6.99. The third-order valence-corrected chi connectivity index (χ3v) is 6.00. The minimum atomic E-state index is -1.94. The van der Waals surface area contributed by atoms with Crippen molar-refractivity contribution in [3.05, 3.63) is 57.6 Å². The molecule has 0 radical (unpaired) electrons. The van der Waals surface area contributed by atoms with Crippen LogP contribution in [0.5, 0.6) is 0 Å². The maximum Gasteiger partial charge on any atom is 0.261 e. The highest BCUT2D eigenvalue weighted by Crippen LogP contribution is 2.47. The molecule has 0 spiro atoms. The smallest absolute Gasteiger partial charge is 0.261 e. The molecule has 2 aliphatic rings. The number of aliphatic hydroxyl groups is 2. The first-order valence-corrected chi connectivity index (χ1v) is 9.71. The summed E-state index contributed by atoms with van der Waals surface area (Å²) in [5.74, 6) is -0.639. The third kappa shape index (κ3) is 3.19. The van der Waals surface area contributed by atoms with E-state index in [0.29, 0.717) is 16.3 Å². The number of hydrogen-bond acceptors (Lipinski definition) is 4. The Kier molecular flexibility index (Phi) is 4.80. The quantitative estimate of drug-likeness (QED) is 0.720. The van der Waals surface area contributed by atoms with Crippen molar-refractivity contribution in [2.45, 2.75) is 31.0 Å². The molecule has 1 unspecified atom stereocenters. The summed E-state index contributed by atoms with van der Waals surface area (Å²) in [6, 6.07) is 10.7. The van der Waals surface area contributed by atoms with Crippen LogP contribution < -0.4 is 10.2 Å². The molecule has 0 aromatic heterocycles. The first-order chi connectivity index (χ1) is 12.9. The van der Waals surface area contributed by atoms with Crippen LogP contribution in [0.15, 0.2) is 36.4 Å². The van der Waals surface area contributed by atoms with E-state index in [1.165, 1.54) is 18.9 Å². The number of carbonyl (C=O) groups is 1. The summed E-state index contributed by atoms with van der Waals surface area (Å²) < 4.78 is 0. The topological polar surface area (TPSA) is 72.8 Å². The molecule has 7 heteroatoms. The van der Waals surface area contributed by atoms with Gasteiger partial charge in [0.15, 0.2) is 5.60 Å². The number of halogens is 2. The Morgan fingerprint density at radius 1 is 1.07 bits per heavy atom. The Morgan fingerprint density at radius 2 is 1.70 bits per heavy atom. The molecule has 5 nitrogen and oxygen atoms in total. The fraction of sp³-hybridized carbons (Fsp3) is 0.350. The van der Waals surface area contributed by atoms with Gasteiger partial charge in [-0.15, -0.1) is 0 Å². The number of hydrogen-bond donors (Lipinski definition) is 3. The van der Waals surface area contributed by atoms with Gasteiger partial charge in [0, 0.05) is 35.8 Å². The van der Waals surface area contributed by atoms with E-state index in [-0.39, 0.29) is 17.0 Å². The van der Waals surface area contributed by atoms with Gasteiger partial charge in [-0.25, -0.2) is 0 Å².